The van der Waals surface area contributed by atoms with E-state index >= 15 is 0 Å². The Balaban J connectivity index is 0.000000145. The maximum atomic E-state index is 4.68. The summed E-state index contributed by atoms with van der Waals surface area (Å²) in [4.78, 5) is 9.18. The van der Waals surface area contributed by atoms with Gasteiger partial charge in [-0.2, -0.15) is 0 Å². The quantitative estimate of drug-likeness (QED) is 0.502. The lowest BCUT2D eigenvalue weighted by atomic mass is 9.94. The molecule has 3 nitrogen and oxygen atoms in total. The van der Waals surface area contributed by atoms with Gasteiger partial charge in [0.05, 0.1) is 5.69 Å². The lowest BCUT2D eigenvalue weighted by Crippen LogP contribution is -2.28. The van der Waals surface area contributed by atoms with Crippen molar-refractivity contribution in [1.82, 2.24) is 15.3 Å². The molecular weight excluding hydrogens is 374 g/mol. The van der Waals surface area contributed by atoms with Crippen LogP contribution in [0.1, 0.15) is 36.5 Å². The van der Waals surface area contributed by atoms with Gasteiger partial charge in [0.1, 0.15) is 5.82 Å². The highest BCUT2D eigenvalue weighted by molar-refractivity contribution is 7.80. The highest BCUT2D eigenvalue weighted by Crippen LogP contribution is 2.21. The van der Waals surface area contributed by atoms with Crippen LogP contribution < -0.4 is 5.32 Å². The highest BCUT2D eigenvalue weighted by atomic mass is 32.1. The molecule has 1 fully saturated rings. The maximum absolute atomic E-state index is 4.68. The van der Waals surface area contributed by atoms with Crippen LogP contribution in [0, 0.1) is 5.92 Å². The Hall–Kier alpha value is -2.30. The summed E-state index contributed by atoms with van der Waals surface area (Å²) in [5.41, 5.74) is 5.00. The minimum atomic E-state index is 0.817. The van der Waals surface area contributed by atoms with Gasteiger partial charge in [-0.1, -0.05) is 48.5 Å². The van der Waals surface area contributed by atoms with E-state index in [4.69, 9.17) is 0 Å². The predicted octanol–water partition coefficient (Wildman–Crippen LogP) is 5.55. The van der Waals surface area contributed by atoms with E-state index in [1.54, 1.807) is 0 Å². The van der Waals surface area contributed by atoms with E-state index in [1.165, 1.54) is 54.3 Å². The maximum Gasteiger partial charge on any atom is 0.107 e. The molecule has 150 valence electrons. The first-order valence-electron chi connectivity index (χ1n) is 10.6. The minimum Gasteiger partial charge on any atom is -0.345 e. The standard InChI is InChI=1S/C13H19N3.C12H10S/c1-2-4-12-11(3-1)15-13(16-12)9-10-5-7-14-8-6-10;13-12-8-6-11(7-9-12)10-4-2-1-3-5-10/h1,3,10,14H,2,4-9H2,(H,15,16);1-9,13H. The number of thiol groups is 1. The van der Waals surface area contributed by atoms with Crippen molar-refractivity contribution in [2.45, 2.75) is 37.0 Å². The molecule has 1 aromatic heterocycles. The molecule has 2 aliphatic rings. The van der Waals surface area contributed by atoms with Crippen molar-refractivity contribution >= 4 is 18.7 Å². The summed E-state index contributed by atoms with van der Waals surface area (Å²) in [6.07, 6.45) is 10.4. The number of nitrogens with one attached hydrogen (secondary N) is 2. The predicted molar refractivity (Wildman–Crippen MR) is 124 cm³/mol. The third kappa shape index (κ3) is 5.62. The molecule has 2 aromatic carbocycles. The summed E-state index contributed by atoms with van der Waals surface area (Å²) < 4.78 is 0. The van der Waals surface area contributed by atoms with Crippen molar-refractivity contribution in [3.05, 3.63) is 77.9 Å². The Morgan fingerprint density at radius 3 is 2.38 bits per heavy atom. The molecule has 2 heterocycles. The molecule has 29 heavy (non-hydrogen) atoms. The molecule has 0 spiro atoms. The van der Waals surface area contributed by atoms with E-state index in [9.17, 15) is 0 Å². The van der Waals surface area contributed by atoms with Crippen LogP contribution in [0.15, 0.2) is 65.6 Å². The van der Waals surface area contributed by atoms with Gasteiger partial charge in [-0.3, -0.25) is 0 Å². The van der Waals surface area contributed by atoms with Gasteiger partial charge in [0.15, 0.2) is 0 Å². The average molecular weight is 404 g/mol. The lowest BCUT2D eigenvalue weighted by Gasteiger charge is -2.21. The fourth-order valence-electron chi connectivity index (χ4n) is 3.97. The molecule has 0 amide bonds. The zero-order valence-electron chi connectivity index (χ0n) is 16.8. The van der Waals surface area contributed by atoms with Crippen molar-refractivity contribution in [3.63, 3.8) is 0 Å². The molecule has 0 radical (unpaired) electrons. The molecular formula is C25H29N3S. The number of aryl methyl sites for hydroxylation is 1. The van der Waals surface area contributed by atoms with E-state index in [0.29, 0.717) is 0 Å². The van der Waals surface area contributed by atoms with E-state index in [1.807, 2.05) is 30.3 Å². The monoisotopic (exact) mass is 403 g/mol. The molecule has 2 N–H and O–H groups in total. The molecule has 5 rings (SSSR count). The summed E-state index contributed by atoms with van der Waals surface area (Å²) in [6, 6.07) is 18.5. The fraction of sp³-hybridized carbons (Fsp3) is 0.320. The Morgan fingerprint density at radius 2 is 1.66 bits per heavy atom. The van der Waals surface area contributed by atoms with Crippen molar-refractivity contribution in [2.75, 3.05) is 13.1 Å². The third-order valence-corrected chi connectivity index (χ3v) is 5.91. The van der Waals surface area contributed by atoms with Crippen LogP contribution >= 0.6 is 12.6 Å². The second kappa shape index (κ2) is 9.95. The smallest absolute Gasteiger partial charge is 0.107 e. The summed E-state index contributed by atoms with van der Waals surface area (Å²) in [7, 11) is 0. The van der Waals surface area contributed by atoms with Gasteiger partial charge < -0.3 is 10.3 Å². The number of allylic oxidation sites excluding steroid dienone is 1. The Kier molecular flexibility index (Phi) is 6.86. The first-order valence-corrected chi connectivity index (χ1v) is 11.0. The van der Waals surface area contributed by atoms with Gasteiger partial charge in [0.25, 0.3) is 0 Å². The molecule has 4 heteroatoms. The van der Waals surface area contributed by atoms with E-state index < -0.39 is 0 Å². The number of nitrogens with zero attached hydrogens (tertiary/aromatic N) is 1. The van der Waals surface area contributed by atoms with Crippen LogP contribution in [0.3, 0.4) is 0 Å². The van der Waals surface area contributed by atoms with Gasteiger partial charge in [-0.05, 0) is 74.0 Å². The number of benzene rings is 2. The van der Waals surface area contributed by atoms with Crippen molar-refractivity contribution in [1.29, 1.82) is 0 Å². The lowest BCUT2D eigenvalue weighted by molar-refractivity contribution is 0.368. The Morgan fingerprint density at radius 1 is 0.931 bits per heavy atom. The van der Waals surface area contributed by atoms with E-state index in [0.717, 1.165) is 30.1 Å². The molecule has 1 saturated heterocycles. The number of aromatic amines is 1. The van der Waals surface area contributed by atoms with Crippen LogP contribution in [-0.2, 0) is 12.8 Å². The number of hydrogen-bond donors (Lipinski definition) is 3. The number of rotatable bonds is 3. The van der Waals surface area contributed by atoms with Crippen LogP contribution in [0.2, 0.25) is 0 Å². The summed E-state index contributed by atoms with van der Waals surface area (Å²) >= 11 is 4.24. The average Bonchev–Trinajstić information content (AvgIpc) is 3.18. The Bertz CT molecular complexity index is 922. The van der Waals surface area contributed by atoms with Crippen molar-refractivity contribution in [2.24, 2.45) is 5.92 Å². The van der Waals surface area contributed by atoms with Gasteiger partial charge in [-0.15, -0.1) is 12.6 Å². The van der Waals surface area contributed by atoms with Crippen LogP contribution in [-0.4, -0.2) is 23.1 Å². The molecule has 1 aliphatic heterocycles. The SMILES string of the molecule is C1=Cc2nc(CC3CCNCC3)[nH]c2CC1.Sc1ccc(-c2ccccc2)cc1. The fourth-order valence-corrected chi connectivity index (χ4v) is 4.12. The number of H-pyrrole nitrogens is 1. The van der Waals surface area contributed by atoms with Gasteiger partial charge in [-0.25, -0.2) is 4.98 Å². The first kappa shape index (κ1) is 20.0. The normalized spacial score (nSPS) is 16.0. The van der Waals surface area contributed by atoms with Crippen LogP contribution in [0.4, 0.5) is 0 Å². The second-order valence-corrected chi connectivity index (χ2v) is 8.32. The Labute approximate surface area is 179 Å². The van der Waals surface area contributed by atoms with Gasteiger partial charge >= 0.3 is 0 Å². The third-order valence-electron chi connectivity index (χ3n) is 5.61. The molecule has 0 saturated carbocycles. The van der Waals surface area contributed by atoms with Crippen LogP contribution in [0.25, 0.3) is 17.2 Å². The van der Waals surface area contributed by atoms with E-state index in [-0.39, 0.29) is 0 Å². The first-order chi connectivity index (χ1) is 14.3. The molecule has 3 aromatic rings. The van der Waals surface area contributed by atoms with Gasteiger partial charge in [0, 0.05) is 17.0 Å². The number of imidazole rings is 1. The molecule has 0 atom stereocenters. The zero-order chi connectivity index (χ0) is 19.9. The topological polar surface area (TPSA) is 40.7 Å². The number of fused-ring (bicyclic) bond motifs is 1. The minimum absolute atomic E-state index is 0.817. The summed E-state index contributed by atoms with van der Waals surface area (Å²) in [5, 5.41) is 3.41. The highest BCUT2D eigenvalue weighted by Gasteiger charge is 2.17. The number of aromatic nitrogens is 2. The van der Waals surface area contributed by atoms with Gasteiger partial charge in [0.2, 0.25) is 0 Å². The number of hydrogen-bond acceptors (Lipinski definition) is 3. The number of piperidine rings is 1. The van der Waals surface area contributed by atoms with Crippen LogP contribution in [0.5, 0.6) is 0 Å². The molecule has 0 unspecified atom stereocenters. The largest absolute Gasteiger partial charge is 0.345 e. The van der Waals surface area contributed by atoms with Crippen molar-refractivity contribution < 1.29 is 0 Å². The summed E-state index contributed by atoms with van der Waals surface area (Å²) in [5.74, 6) is 2.02. The summed E-state index contributed by atoms with van der Waals surface area (Å²) in [6.45, 7) is 2.34. The molecule has 1 aliphatic carbocycles. The zero-order valence-corrected chi connectivity index (χ0v) is 17.7. The second-order valence-electron chi connectivity index (χ2n) is 7.80. The van der Waals surface area contributed by atoms with Crippen molar-refractivity contribution in [3.8, 4) is 11.1 Å². The molecule has 0 bridgehead atoms. The van der Waals surface area contributed by atoms with E-state index in [2.05, 4.69) is 64.3 Å².